The molecule has 0 heteroatoms. The Balaban J connectivity index is 2.84. The summed E-state index contributed by atoms with van der Waals surface area (Å²) in [5.41, 5.74) is 4.50. The zero-order valence-electron chi connectivity index (χ0n) is 7.15. The van der Waals surface area contributed by atoms with Gasteiger partial charge in [0, 0.05) is 0 Å². The minimum Gasteiger partial charge on any atom is -0.129 e. The maximum atomic E-state index is 3.72. The SMILES string of the molecule is C=C=C1C(C)CC(C)[C@@H]1C. The minimum absolute atomic E-state index is 0.715. The molecular weight excluding hydrogens is 120 g/mol. The number of rotatable bonds is 0. The first-order valence-electron chi connectivity index (χ1n) is 4.06. The van der Waals surface area contributed by atoms with Crippen molar-refractivity contribution in [1.82, 2.24) is 0 Å². The molecule has 0 aliphatic heterocycles. The molecular formula is C10H16. The number of hydrogen-bond acceptors (Lipinski definition) is 0. The van der Waals surface area contributed by atoms with Crippen LogP contribution in [0.3, 0.4) is 0 Å². The first-order valence-corrected chi connectivity index (χ1v) is 4.06. The molecule has 0 spiro atoms. The molecule has 0 nitrogen and oxygen atoms in total. The molecule has 1 rings (SSSR count). The zero-order valence-corrected chi connectivity index (χ0v) is 7.15. The van der Waals surface area contributed by atoms with Crippen molar-refractivity contribution in [3.63, 3.8) is 0 Å². The topological polar surface area (TPSA) is 0 Å². The highest BCUT2D eigenvalue weighted by molar-refractivity contribution is 5.13. The van der Waals surface area contributed by atoms with Gasteiger partial charge in [-0.15, -0.1) is 5.73 Å². The monoisotopic (exact) mass is 136 g/mol. The van der Waals surface area contributed by atoms with E-state index < -0.39 is 0 Å². The van der Waals surface area contributed by atoms with Crippen LogP contribution in [0.15, 0.2) is 17.9 Å². The molecule has 56 valence electrons. The van der Waals surface area contributed by atoms with Gasteiger partial charge in [-0.3, -0.25) is 0 Å². The molecule has 3 atom stereocenters. The van der Waals surface area contributed by atoms with Crippen molar-refractivity contribution in [2.75, 3.05) is 0 Å². The van der Waals surface area contributed by atoms with Crippen LogP contribution in [0.1, 0.15) is 27.2 Å². The van der Waals surface area contributed by atoms with Crippen LogP contribution in [0.2, 0.25) is 0 Å². The Kier molecular flexibility index (Phi) is 2.01. The van der Waals surface area contributed by atoms with E-state index in [-0.39, 0.29) is 0 Å². The summed E-state index contributed by atoms with van der Waals surface area (Å²) in [6.45, 7) is 10.6. The van der Waals surface area contributed by atoms with Gasteiger partial charge in [0.15, 0.2) is 0 Å². The van der Waals surface area contributed by atoms with E-state index >= 15 is 0 Å². The summed E-state index contributed by atoms with van der Waals surface area (Å²) in [6.07, 6.45) is 1.32. The average molecular weight is 136 g/mol. The van der Waals surface area contributed by atoms with Gasteiger partial charge in [0.2, 0.25) is 0 Å². The normalized spacial score (nSPS) is 39.9. The van der Waals surface area contributed by atoms with Gasteiger partial charge in [-0.05, 0) is 29.7 Å². The van der Waals surface area contributed by atoms with Gasteiger partial charge in [0.25, 0.3) is 0 Å². The lowest BCUT2D eigenvalue weighted by atomic mass is 9.97. The van der Waals surface area contributed by atoms with Gasteiger partial charge in [-0.1, -0.05) is 27.4 Å². The summed E-state index contributed by atoms with van der Waals surface area (Å²) in [7, 11) is 0. The molecule has 1 aliphatic rings. The highest BCUT2D eigenvalue weighted by Crippen LogP contribution is 2.39. The minimum atomic E-state index is 0.715. The summed E-state index contributed by atoms with van der Waals surface area (Å²) in [5, 5.41) is 0. The molecule has 0 aromatic rings. The van der Waals surface area contributed by atoms with Gasteiger partial charge in [0.1, 0.15) is 0 Å². The van der Waals surface area contributed by atoms with E-state index in [4.69, 9.17) is 0 Å². The summed E-state index contributed by atoms with van der Waals surface area (Å²) in [4.78, 5) is 0. The first kappa shape index (κ1) is 7.63. The molecule has 2 unspecified atom stereocenters. The van der Waals surface area contributed by atoms with Gasteiger partial charge in [-0.2, -0.15) is 0 Å². The van der Waals surface area contributed by atoms with Gasteiger partial charge >= 0.3 is 0 Å². The lowest BCUT2D eigenvalue weighted by Gasteiger charge is -2.07. The molecule has 0 aromatic heterocycles. The zero-order chi connectivity index (χ0) is 7.72. The van der Waals surface area contributed by atoms with Crippen LogP contribution in [0.25, 0.3) is 0 Å². The van der Waals surface area contributed by atoms with Crippen molar-refractivity contribution < 1.29 is 0 Å². The molecule has 0 N–H and O–H groups in total. The molecule has 0 bridgehead atoms. The van der Waals surface area contributed by atoms with E-state index in [1.54, 1.807) is 0 Å². The summed E-state index contributed by atoms with van der Waals surface area (Å²) < 4.78 is 0. The smallest absolute Gasteiger partial charge is 0.0127 e. The Hall–Kier alpha value is -0.480. The lowest BCUT2D eigenvalue weighted by molar-refractivity contribution is 0.481. The van der Waals surface area contributed by atoms with Crippen LogP contribution in [0.5, 0.6) is 0 Å². The fraction of sp³-hybridized carbons (Fsp3) is 0.700. The Morgan fingerprint density at radius 3 is 2.20 bits per heavy atom. The van der Waals surface area contributed by atoms with E-state index in [1.165, 1.54) is 12.0 Å². The molecule has 10 heavy (non-hydrogen) atoms. The third-order valence-corrected chi connectivity index (χ3v) is 2.80. The van der Waals surface area contributed by atoms with Crippen molar-refractivity contribution in [2.24, 2.45) is 17.8 Å². The lowest BCUT2D eigenvalue weighted by Crippen LogP contribution is -1.98. The highest BCUT2D eigenvalue weighted by Gasteiger charge is 2.29. The molecule has 0 saturated heterocycles. The van der Waals surface area contributed by atoms with Crippen LogP contribution in [-0.4, -0.2) is 0 Å². The largest absolute Gasteiger partial charge is 0.129 e. The van der Waals surface area contributed by atoms with E-state index in [0.29, 0.717) is 5.92 Å². The van der Waals surface area contributed by atoms with Crippen molar-refractivity contribution in [2.45, 2.75) is 27.2 Å². The second-order valence-corrected chi connectivity index (χ2v) is 3.53. The quantitative estimate of drug-likeness (QED) is 0.449. The van der Waals surface area contributed by atoms with Crippen molar-refractivity contribution in [3.8, 4) is 0 Å². The van der Waals surface area contributed by atoms with Crippen LogP contribution < -0.4 is 0 Å². The standard InChI is InChI=1S/C10H16/c1-5-10-8(3)6-7(2)9(10)4/h7-9H,1,6H2,2-4H3/t7?,8?,9-/m0/s1. The van der Waals surface area contributed by atoms with E-state index in [9.17, 15) is 0 Å². The Bertz CT molecular complexity index is 172. The predicted octanol–water partition coefficient (Wildman–Crippen LogP) is 3.01. The maximum Gasteiger partial charge on any atom is -0.0127 e. The molecule has 1 aliphatic carbocycles. The molecule has 0 amide bonds. The summed E-state index contributed by atoms with van der Waals surface area (Å²) in [6, 6.07) is 0. The predicted molar refractivity (Wildman–Crippen MR) is 44.8 cm³/mol. The van der Waals surface area contributed by atoms with Crippen molar-refractivity contribution in [3.05, 3.63) is 17.9 Å². The fourth-order valence-electron chi connectivity index (χ4n) is 1.98. The van der Waals surface area contributed by atoms with E-state index in [2.05, 4.69) is 33.1 Å². The highest BCUT2D eigenvalue weighted by atomic mass is 14.3. The average Bonchev–Trinajstić information content (AvgIpc) is 2.09. The van der Waals surface area contributed by atoms with Crippen LogP contribution >= 0.6 is 0 Å². The Labute approximate surface area is 63.6 Å². The third kappa shape index (κ3) is 1.04. The second kappa shape index (κ2) is 2.64. The van der Waals surface area contributed by atoms with Crippen molar-refractivity contribution in [1.29, 1.82) is 0 Å². The van der Waals surface area contributed by atoms with Gasteiger partial charge < -0.3 is 0 Å². The Morgan fingerprint density at radius 2 is 2.00 bits per heavy atom. The van der Waals surface area contributed by atoms with E-state index in [1.807, 2.05) is 0 Å². The van der Waals surface area contributed by atoms with Crippen LogP contribution in [-0.2, 0) is 0 Å². The molecule has 0 heterocycles. The molecule has 1 saturated carbocycles. The van der Waals surface area contributed by atoms with E-state index in [0.717, 1.165) is 11.8 Å². The van der Waals surface area contributed by atoms with Crippen LogP contribution in [0.4, 0.5) is 0 Å². The molecule has 1 fully saturated rings. The van der Waals surface area contributed by atoms with Crippen molar-refractivity contribution >= 4 is 0 Å². The fourth-order valence-corrected chi connectivity index (χ4v) is 1.98. The first-order chi connectivity index (χ1) is 4.66. The number of allylic oxidation sites excluding steroid dienone is 1. The van der Waals surface area contributed by atoms with Gasteiger partial charge in [-0.25, -0.2) is 0 Å². The second-order valence-electron chi connectivity index (χ2n) is 3.53. The Morgan fingerprint density at radius 1 is 1.40 bits per heavy atom. The summed E-state index contributed by atoms with van der Waals surface area (Å²) in [5.74, 6) is 2.27. The molecule has 0 radical (unpaired) electrons. The number of hydrogen-bond donors (Lipinski definition) is 0. The summed E-state index contributed by atoms with van der Waals surface area (Å²) >= 11 is 0. The maximum absolute atomic E-state index is 3.72. The third-order valence-electron chi connectivity index (χ3n) is 2.80. The molecule has 0 aromatic carbocycles. The van der Waals surface area contributed by atoms with Crippen LogP contribution in [0, 0.1) is 17.8 Å². The van der Waals surface area contributed by atoms with Gasteiger partial charge in [0.05, 0.1) is 0 Å².